The van der Waals surface area contributed by atoms with Crippen molar-refractivity contribution in [2.24, 2.45) is 5.92 Å². The van der Waals surface area contributed by atoms with Crippen molar-refractivity contribution in [2.75, 3.05) is 18.5 Å². The Balaban J connectivity index is 1.68. The first kappa shape index (κ1) is 21.0. The third-order valence-electron chi connectivity index (χ3n) is 7.81. The summed E-state index contributed by atoms with van der Waals surface area (Å²) in [5.41, 5.74) is 6.36. The third-order valence-corrected chi connectivity index (χ3v) is 19.0. The molecule has 6 atom stereocenters. The first-order chi connectivity index (χ1) is 11.9. The summed E-state index contributed by atoms with van der Waals surface area (Å²) >= 11 is 0. The molecule has 0 aliphatic carbocycles. The Hall–Kier alpha value is 1.29. The summed E-state index contributed by atoms with van der Waals surface area (Å²) in [7, 11) is 0.949. The van der Waals surface area contributed by atoms with E-state index in [-0.39, 0.29) is 0 Å². The van der Waals surface area contributed by atoms with Gasteiger partial charge in [-0.05, 0) is 96.9 Å². The van der Waals surface area contributed by atoms with Crippen LogP contribution in [0.1, 0.15) is 80.1 Å². The summed E-state index contributed by atoms with van der Waals surface area (Å²) in [6.45, 7) is 15.5. The molecule has 0 aromatic heterocycles. The summed E-state index contributed by atoms with van der Waals surface area (Å²) in [6, 6.07) is 0. The quantitative estimate of drug-likeness (QED) is 0.400. The molecule has 25 heavy (non-hydrogen) atoms. The minimum atomic E-state index is 0.316. The van der Waals surface area contributed by atoms with Crippen LogP contribution in [0, 0.1) is 5.92 Å². The standard InChI is InChI=1S/C22H43P3/c1-16-7-8-17(2)23(16)13-22(14-24-18(3)9-10-19(24)4)15-25-20(5)11-12-21(25)6/h16-22H,7-15H2,1-6H3/t16-,17-,18-,19-,20-,21-/m0/s1. The highest BCUT2D eigenvalue weighted by Gasteiger charge is 2.38. The summed E-state index contributed by atoms with van der Waals surface area (Å²) < 4.78 is 0. The molecule has 0 unspecified atom stereocenters. The van der Waals surface area contributed by atoms with Gasteiger partial charge in [-0.2, -0.15) is 0 Å². The molecule has 3 aliphatic rings. The second-order valence-electron chi connectivity index (χ2n) is 9.78. The largest absolute Gasteiger partial charge is 0.101 e. The average Bonchev–Trinajstić information content (AvgIpc) is 3.17. The topological polar surface area (TPSA) is 0 Å². The van der Waals surface area contributed by atoms with Gasteiger partial charge in [-0.3, -0.25) is 0 Å². The van der Waals surface area contributed by atoms with Crippen LogP contribution in [0.3, 0.4) is 0 Å². The van der Waals surface area contributed by atoms with Gasteiger partial charge in [0, 0.05) is 0 Å². The van der Waals surface area contributed by atoms with E-state index in [1.165, 1.54) is 38.5 Å². The Morgan fingerprint density at radius 3 is 0.880 bits per heavy atom. The molecule has 0 nitrogen and oxygen atoms in total. The smallest absolute Gasteiger partial charge is 0.0235 e. The zero-order valence-corrected chi connectivity index (χ0v) is 20.4. The van der Waals surface area contributed by atoms with E-state index in [1.54, 1.807) is 18.5 Å². The molecule has 3 rings (SSSR count). The molecule has 146 valence electrons. The second kappa shape index (κ2) is 9.19. The summed E-state index contributed by atoms with van der Waals surface area (Å²) in [5.74, 6) is 1.09. The fourth-order valence-corrected chi connectivity index (χ4v) is 16.7. The average molecular weight is 401 g/mol. The molecule has 0 radical (unpaired) electrons. The molecule has 3 heteroatoms. The Morgan fingerprint density at radius 2 is 0.680 bits per heavy atom. The van der Waals surface area contributed by atoms with Crippen LogP contribution in [0.25, 0.3) is 0 Å². The van der Waals surface area contributed by atoms with Crippen molar-refractivity contribution in [1.82, 2.24) is 0 Å². The fourth-order valence-electron chi connectivity index (χ4n) is 5.89. The maximum absolute atomic E-state index is 2.59. The number of rotatable bonds is 6. The van der Waals surface area contributed by atoms with Crippen LogP contribution in [0.2, 0.25) is 0 Å². The monoisotopic (exact) mass is 400 g/mol. The van der Waals surface area contributed by atoms with Crippen molar-refractivity contribution < 1.29 is 0 Å². The molecule has 0 amide bonds. The van der Waals surface area contributed by atoms with Crippen molar-refractivity contribution in [3.05, 3.63) is 0 Å². The van der Waals surface area contributed by atoms with Gasteiger partial charge in [0.15, 0.2) is 0 Å². The highest BCUT2D eigenvalue weighted by atomic mass is 31.1. The Morgan fingerprint density at radius 1 is 0.480 bits per heavy atom. The fraction of sp³-hybridized carbons (Fsp3) is 1.00. The zero-order valence-electron chi connectivity index (χ0n) is 17.7. The predicted octanol–water partition coefficient (Wildman–Crippen LogP) is 7.76. The van der Waals surface area contributed by atoms with E-state index in [9.17, 15) is 0 Å². The Kier molecular flexibility index (Phi) is 7.72. The first-order valence-electron chi connectivity index (χ1n) is 11.1. The lowest BCUT2D eigenvalue weighted by molar-refractivity contribution is 0.745. The third kappa shape index (κ3) is 5.02. The van der Waals surface area contributed by atoms with Gasteiger partial charge >= 0.3 is 0 Å². The van der Waals surface area contributed by atoms with Crippen molar-refractivity contribution >= 4 is 23.8 Å². The highest BCUT2D eigenvalue weighted by Crippen LogP contribution is 2.63. The van der Waals surface area contributed by atoms with Crippen LogP contribution >= 0.6 is 23.8 Å². The van der Waals surface area contributed by atoms with Crippen LogP contribution < -0.4 is 0 Å². The van der Waals surface area contributed by atoms with Gasteiger partial charge in [-0.15, -0.1) is 23.8 Å². The molecule has 0 spiro atoms. The molecule has 0 aromatic rings. The van der Waals surface area contributed by atoms with Gasteiger partial charge in [-0.25, -0.2) is 0 Å². The molecule has 0 N–H and O–H groups in total. The van der Waals surface area contributed by atoms with Crippen molar-refractivity contribution in [2.45, 2.75) is 114 Å². The van der Waals surface area contributed by atoms with Gasteiger partial charge in [0.1, 0.15) is 0 Å². The van der Waals surface area contributed by atoms with E-state index in [4.69, 9.17) is 0 Å². The minimum Gasteiger partial charge on any atom is -0.101 e. The van der Waals surface area contributed by atoms with Crippen molar-refractivity contribution in [3.8, 4) is 0 Å². The molecular formula is C22H43P3. The molecule has 3 aliphatic heterocycles. The van der Waals surface area contributed by atoms with E-state index in [0.29, 0.717) is 23.8 Å². The number of hydrogen-bond acceptors (Lipinski definition) is 0. The molecule has 3 fully saturated rings. The van der Waals surface area contributed by atoms with Gasteiger partial charge in [-0.1, -0.05) is 41.5 Å². The minimum absolute atomic E-state index is 0.316. The molecule has 0 bridgehead atoms. The zero-order chi connectivity index (χ0) is 18.1. The van der Waals surface area contributed by atoms with Crippen LogP contribution in [0.4, 0.5) is 0 Å². The van der Waals surface area contributed by atoms with Crippen molar-refractivity contribution in [1.29, 1.82) is 0 Å². The Bertz CT molecular complexity index is 334. The van der Waals surface area contributed by atoms with E-state index >= 15 is 0 Å². The van der Waals surface area contributed by atoms with E-state index in [0.717, 1.165) is 39.9 Å². The van der Waals surface area contributed by atoms with Gasteiger partial charge < -0.3 is 0 Å². The van der Waals surface area contributed by atoms with E-state index in [1.807, 2.05) is 0 Å². The van der Waals surface area contributed by atoms with Gasteiger partial charge in [0.05, 0.1) is 0 Å². The summed E-state index contributed by atoms with van der Waals surface area (Å²) in [4.78, 5) is 0. The van der Waals surface area contributed by atoms with E-state index < -0.39 is 0 Å². The van der Waals surface area contributed by atoms with Crippen LogP contribution in [0.5, 0.6) is 0 Å². The van der Waals surface area contributed by atoms with Gasteiger partial charge in [0.25, 0.3) is 0 Å². The first-order valence-corrected chi connectivity index (χ1v) is 16.1. The normalized spacial score (nSPS) is 41.4. The molecule has 3 saturated heterocycles. The maximum Gasteiger partial charge on any atom is -0.0235 e. The van der Waals surface area contributed by atoms with Crippen LogP contribution in [-0.2, 0) is 0 Å². The lowest BCUT2D eigenvalue weighted by Crippen LogP contribution is -2.21. The van der Waals surface area contributed by atoms with Crippen LogP contribution in [-0.4, -0.2) is 52.4 Å². The lowest BCUT2D eigenvalue weighted by atomic mass is 10.2. The van der Waals surface area contributed by atoms with E-state index in [2.05, 4.69) is 41.5 Å². The second-order valence-corrected chi connectivity index (χ2v) is 19.3. The molecule has 0 aromatic carbocycles. The van der Waals surface area contributed by atoms with Crippen molar-refractivity contribution in [3.63, 3.8) is 0 Å². The molecule has 0 saturated carbocycles. The molecule has 3 heterocycles. The van der Waals surface area contributed by atoms with Crippen LogP contribution in [0.15, 0.2) is 0 Å². The highest BCUT2D eigenvalue weighted by molar-refractivity contribution is 7.61. The SMILES string of the molecule is C[C@H]1CC[C@H](C)P1CC(CP1[C@@H](C)CC[C@@H]1C)CP1[C@@H](C)CC[C@@H]1C. The number of hydrogen-bond donors (Lipinski definition) is 0. The molecular weight excluding hydrogens is 357 g/mol. The Labute approximate surface area is 162 Å². The summed E-state index contributed by atoms with van der Waals surface area (Å²) in [6.07, 6.45) is 14.1. The lowest BCUT2D eigenvalue weighted by Gasteiger charge is -2.34. The van der Waals surface area contributed by atoms with Gasteiger partial charge in [0.2, 0.25) is 0 Å². The maximum atomic E-state index is 2.59. The predicted molar refractivity (Wildman–Crippen MR) is 123 cm³/mol. The summed E-state index contributed by atoms with van der Waals surface area (Å²) in [5, 5.41) is 0.